The maximum atomic E-state index is 7.02. The Hall–Kier alpha value is -5.60. The largest absolute Gasteiger partial charge is 0.488 e. The average molecular weight is 741 g/mol. The minimum atomic E-state index is 0.202. The maximum Gasteiger partial charge on any atom is 0.146 e. The van der Waals surface area contributed by atoms with Crippen LogP contribution >= 0.6 is 0 Å². The summed E-state index contributed by atoms with van der Waals surface area (Å²) in [5.41, 5.74) is 15.0. The molecule has 0 amide bonds. The van der Waals surface area contributed by atoms with Gasteiger partial charge in [-0.15, -0.1) is 0 Å². The highest BCUT2D eigenvalue weighted by Crippen LogP contribution is 2.57. The molecule has 0 saturated carbocycles. The van der Waals surface area contributed by atoms with Crippen molar-refractivity contribution in [2.45, 2.75) is 63.9 Å². The second kappa shape index (κ2) is 13.2. The van der Waals surface area contributed by atoms with E-state index in [0.717, 1.165) is 55.4 Å². The van der Waals surface area contributed by atoms with E-state index < -0.39 is 0 Å². The van der Waals surface area contributed by atoms with Gasteiger partial charge in [0.2, 0.25) is 0 Å². The molecule has 5 aromatic rings. The van der Waals surface area contributed by atoms with Crippen molar-refractivity contribution in [2.75, 3.05) is 0 Å². The van der Waals surface area contributed by atoms with Crippen molar-refractivity contribution in [3.8, 4) is 5.75 Å². The molecular formula is C55H48O2. The normalized spacial score (nSPS) is 28.7. The number of allylic oxidation sites excluding steroid dienone is 17. The zero-order chi connectivity index (χ0) is 37.6. The van der Waals surface area contributed by atoms with Crippen molar-refractivity contribution < 1.29 is 9.15 Å². The third kappa shape index (κ3) is 5.36. The first-order chi connectivity index (χ1) is 28.2. The number of benzene rings is 4. The van der Waals surface area contributed by atoms with Gasteiger partial charge in [-0.1, -0.05) is 134 Å². The fourth-order valence-electron chi connectivity index (χ4n) is 11.9. The molecule has 0 N–H and O–H groups in total. The molecule has 12 rings (SSSR count). The molecule has 2 heteroatoms. The first kappa shape index (κ1) is 33.5. The molecule has 2 nitrogen and oxygen atoms in total. The van der Waals surface area contributed by atoms with Gasteiger partial charge in [0.25, 0.3) is 0 Å². The zero-order valence-electron chi connectivity index (χ0n) is 32.7. The smallest absolute Gasteiger partial charge is 0.146 e. The van der Waals surface area contributed by atoms with Crippen molar-refractivity contribution in [1.82, 2.24) is 0 Å². The second-order valence-electron chi connectivity index (χ2n) is 17.7. The van der Waals surface area contributed by atoms with E-state index in [-0.39, 0.29) is 6.10 Å². The first-order valence-electron chi connectivity index (χ1n) is 21.5. The van der Waals surface area contributed by atoms with Crippen molar-refractivity contribution in [2.24, 2.45) is 29.6 Å². The maximum absolute atomic E-state index is 7.02. The van der Waals surface area contributed by atoms with Crippen LogP contribution in [0, 0.1) is 29.6 Å². The molecule has 4 aromatic carbocycles. The Morgan fingerprint density at radius 1 is 0.719 bits per heavy atom. The summed E-state index contributed by atoms with van der Waals surface area (Å²) in [6.45, 7) is 2.48. The van der Waals surface area contributed by atoms with E-state index in [2.05, 4.69) is 153 Å². The standard InChI is InChI=1S/C55H48O2/c1-33-27-39(31-40(28-33)53-54-47(41-17-8-10-23-49(41)56-54)32-48-42-18-9-11-24-50(42)57-55(48)53)52-45-21-6-4-19-43(45)51(44-20-5-7-22-46(44)52)38-16-12-15-36(30-38)37-26-25-34-13-2-3-14-35(34)29-37/h2-4,6-10,12-19,21-23,25-26,29,31-33,38-39,42,45,50,52H,5,11,20,24,27-28,30H2,1H3. The van der Waals surface area contributed by atoms with Crippen molar-refractivity contribution in [1.29, 1.82) is 0 Å². The molecule has 1 aromatic heterocycles. The van der Waals surface area contributed by atoms with Crippen LogP contribution in [0.15, 0.2) is 172 Å². The van der Waals surface area contributed by atoms with Gasteiger partial charge in [-0.25, -0.2) is 0 Å². The molecule has 0 fully saturated rings. The molecule has 7 aliphatic rings. The highest BCUT2D eigenvalue weighted by molar-refractivity contribution is 6.10. The number of hydrogen-bond acceptors (Lipinski definition) is 2. The van der Waals surface area contributed by atoms with Gasteiger partial charge in [0, 0.05) is 40.0 Å². The van der Waals surface area contributed by atoms with Gasteiger partial charge < -0.3 is 9.15 Å². The molecule has 1 aliphatic heterocycles. The van der Waals surface area contributed by atoms with E-state index in [0.29, 0.717) is 35.5 Å². The van der Waals surface area contributed by atoms with Crippen molar-refractivity contribution in [3.63, 3.8) is 0 Å². The Balaban J connectivity index is 0.970. The van der Waals surface area contributed by atoms with Gasteiger partial charge in [-0.2, -0.15) is 0 Å². The lowest BCUT2D eigenvalue weighted by atomic mass is 9.59. The SMILES string of the molecule is CC1CC(c2c3c(cc4c2oc2ccccc24)C2C=CCCC2O3)=CC(C2C3=C(CCC=C3)C(C3C=CC=C(c4ccc5ccccc5c4)C3)=C3C=CC=CC32)C1. The molecule has 2 heterocycles. The van der Waals surface area contributed by atoms with E-state index >= 15 is 0 Å². The lowest BCUT2D eigenvalue weighted by Gasteiger charge is -2.45. The third-order valence-corrected chi connectivity index (χ3v) is 14.3. The summed E-state index contributed by atoms with van der Waals surface area (Å²) in [6.07, 6.45) is 37.0. The second-order valence-corrected chi connectivity index (χ2v) is 17.7. The number of furan rings is 1. The van der Waals surface area contributed by atoms with E-state index in [4.69, 9.17) is 9.15 Å². The number of para-hydroxylation sites is 1. The van der Waals surface area contributed by atoms with E-state index in [1.165, 1.54) is 55.8 Å². The lowest BCUT2D eigenvalue weighted by molar-refractivity contribution is 0.204. The summed E-state index contributed by atoms with van der Waals surface area (Å²) in [5, 5.41) is 5.04. The summed E-state index contributed by atoms with van der Waals surface area (Å²) in [4.78, 5) is 0. The van der Waals surface area contributed by atoms with Crippen LogP contribution in [0.3, 0.4) is 0 Å². The summed E-state index contributed by atoms with van der Waals surface area (Å²) in [5.74, 6) is 3.37. The molecule has 280 valence electrons. The predicted molar refractivity (Wildman–Crippen MR) is 236 cm³/mol. The molecule has 0 spiro atoms. The van der Waals surface area contributed by atoms with Crippen LogP contribution in [0.4, 0.5) is 0 Å². The van der Waals surface area contributed by atoms with Crippen LogP contribution in [0.5, 0.6) is 5.75 Å². The predicted octanol–water partition coefficient (Wildman–Crippen LogP) is 14.3. The van der Waals surface area contributed by atoms with Crippen LogP contribution in [-0.2, 0) is 0 Å². The average Bonchev–Trinajstić information content (AvgIpc) is 3.82. The number of ether oxygens (including phenoxy) is 1. The minimum Gasteiger partial charge on any atom is -0.488 e. The molecule has 57 heavy (non-hydrogen) atoms. The van der Waals surface area contributed by atoms with E-state index in [1.54, 1.807) is 22.3 Å². The van der Waals surface area contributed by atoms with Crippen LogP contribution in [0.2, 0.25) is 0 Å². The van der Waals surface area contributed by atoms with Gasteiger partial charge in [0.15, 0.2) is 0 Å². The monoisotopic (exact) mass is 740 g/mol. The molecule has 6 aliphatic carbocycles. The Bertz CT molecular complexity index is 2800. The minimum absolute atomic E-state index is 0.202. The number of hydrogen-bond donors (Lipinski definition) is 0. The van der Waals surface area contributed by atoms with Gasteiger partial charge in [-0.05, 0) is 125 Å². The Labute approximate surface area is 335 Å². The third-order valence-electron chi connectivity index (χ3n) is 14.3. The molecular weight excluding hydrogens is 693 g/mol. The summed E-state index contributed by atoms with van der Waals surface area (Å²) in [6, 6.07) is 26.7. The van der Waals surface area contributed by atoms with Crippen molar-refractivity contribution >= 4 is 43.9 Å². The molecule has 0 saturated heterocycles. The van der Waals surface area contributed by atoms with Crippen LogP contribution in [-0.4, -0.2) is 6.10 Å². The zero-order valence-corrected chi connectivity index (χ0v) is 32.7. The van der Waals surface area contributed by atoms with E-state index in [9.17, 15) is 0 Å². The Kier molecular flexibility index (Phi) is 7.79. The topological polar surface area (TPSA) is 22.4 Å². The number of rotatable bonds is 4. The molecule has 0 bridgehead atoms. The molecule has 7 unspecified atom stereocenters. The fraction of sp³-hybridized carbons (Fsp3) is 0.273. The van der Waals surface area contributed by atoms with Crippen LogP contribution in [0.25, 0.3) is 43.9 Å². The van der Waals surface area contributed by atoms with Crippen LogP contribution in [0.1, 0.15) is 74.5 Å². The van der Waals surface area contributed by atoms with Gasteiger partial charge in [-0.3, -0.25) is 0 Å². The van der Waals surface area contributed by atoms with E-state index in [1.807, 2.05) is 0 Å². The fourth-order valence-corrected chi connectivity index (χ4v) is 11.9. The summed E-state index contributed by atoms with van der Waals surface area (Å²) >= 11 is 0. The van der Waals surface area contributed by atoms with Crippen LogP contribution < -0.4 is 4.74 Å². The summed E-state index contributed by atoms with van der Waals surface area (Å²) < 4.78 is 13.9. The summed E-state index contributed by atoms with van der Waals surface area (Å²) in [7, 11) is 0. The Morgan fingerprint density at radius 2 is 1.63 bits per heavy atom. The quantitative estimate of drug-likeness (QED) is 0.171. The van der Waals surface area contributed by atoms with Crippen molar-refractivity contribution in [3.05, 3.63) is 185 Å². The van der Waals surface area contributed by atoms with Gasteiger partial charge >= 0.3 is 0 Å². The highest BCUT2D eigenvalue weighted by atomic mass is 16.5. The lowest BCUT2D eigenvalue weighted by Crippen LogP contribution is -2.34. The molecule has 7 atom stereocenters. The Morgan fingerprint density at radius 3 is 2.60 bits per heavy atom. The van der Waals surface area contributed by atoms with Gasteiger partial charge in [0.1, 0.15) is 23.0 Å². The first-order valence-corrected chi connectivity index (χ1v) is 21.5. The highest BCUT2D eigenvalue weighted by Gasteiger charge is 2.44. The van der Waals surface area contributed by atoms with Gasteiger partial charge in [0.05, 0.1) is 5.56 Å². The number of fused-ring (bicyclic) bond motifs is 8. The molecule has 0 radical (unpaired) electrons.